The zero-order valence-electron chi connectivity index (χ0n) is 25.1. The number of benzene rings is 3. The number of halogens is 2. The molecule has 12 heteroatoms. The molecule has 4 atom stereocenters. The smallest absolute Gasteiger partial charge is 0.335 e. The third kappa shape index (κ3) is 4.66. The van der Waals surface area contributed by atoms with Gasteiger partial charge in [-0.15, -0.1) is 0 Å². The monoisotopic (exact) mass is 643 g/mol. The first-order chi connectivity index (χ1) is 22.2. The molecule has 0 radical (unpaired) electrons. The molecule has 0 amide bonds. The summed E-state index contributed by atoms with van der Waals surface area (Å²) in [6, 6.07) is 15.7. The van der Waals surface area contributed by atoms with Gasteiger partial charge in [0.25, 0.3) is 5.79 Å². The van der Waals surface area contributed by atoms with Gasteiger partial charge >= 0.3 is 5.97 Å². The molecule has 3 aliphatic heterocycles. The van der Waals surface area contributed by atoms with Crippen molar-refractivity contribution in [3.8, 4) is 17.6 Å². The molecule has 1 aliphatic carbocycles. The second-order valence-corrected chi connectivity index (χ2v) is 12.9. The zero-order chi connectivity index (χ0) is 31.7. The number of aromatic nitrogens is 2. The number of imidazole rings is 1. The normalized spacial score (nSPS) is 25.1. The quantitative estimate of drug-likeness (QED) is 0.272. The summed E-state index contributed by atoms with van der Waals surface area (Å²) in [5.41, 5.74) is 2.81. The number of aromatic carboxylic acids is 1. The number of fused-ring (bicyclic) bond motifs is 3. The molecule has 8 rings (SSSR count). The summed E-state index contributed by atoms with van der Waals surface area (Å²) >= 11 is 6.55. The molecule has 3 aromatic carbocycles. The maximum absolute atomic E-state index is 15.0. The summed E-state index contributed by atoms with van der Waals surface area (Å²) in [4.78, 5) is 21.6. The van der Waals surface area contributed by atoms with Crippen molar-refractivity contribution in [3.63, 3.8) is 0 Å². The van der Waals surface area contributed by atoms with Crippen molar-refractivity contribution in [2.45, 2.75) is 63.3 Å². The maximum Gasteiger partial charge on any atom is 0.335 e. The molecule has 46 heavy (non-hydrogen) atoms. The molecule has 236 valence electrons. The van der Waals surface area contributed by atoms with Gasteiger partial charge in [0.1, 0.15) is 17.2 Å². The molecule has 4 heterocycles. The second-order valence-electron chi connectivity index (χ2n) is 12.5. The van der Waals surface area contributed by atoms with Gasteiger partial charge < -0.3 is 28.8 Å². The van der Waals surface area contributed by atoms with E-state index in [9.17, 15) is 9.90 Å². The number of anilines is 1. The molecular formula is C34H31ClFN5O5. The van der Waals surface area contributed by atoms with Crippen molar-refractivity contribution in [1.82, 2.24) is 14.5 Å². The summed E-state index contributed by atoms with van der Waals surface area (Å²) in [5.74, 6) is -0.991. The molecule has 10 nitrogen and oxygen atoms in total. The molecule has 0 bridgehead atoms. The molecule has 1 N–H and O–H groups in total. The second kappa shape index (κ2) is 10.9. The fourth-order valence-corrected chi connectivity index (χ4v) is 7.47. The van der Waals surface area contributed by atoms with Crippen LogP contribution in [0.3, 0.4) is 0 Å². The SMILES string of the molecule is C[C@]1(c2ccc(C#N)cc2F)Oc2cccc(N3CCN(Cc4nc5c(Cl)cc(C(=O)O)cc5n4C[C@@H]4CCO4)[C@H]4CC[C@H]43)c2O1. The van der Waals surface area contributed by atoms with E-state index in [0.29, 0.717) is 40.6 Å². The lowest BCUT2D eigenvalue weighted by molar-refractivity contribution is -0.0706. The standard InChI is InChI=1S/C34H31ClFN5O5/c1-34(22-6-5-19(16-37)13-24(22)36)45-29-4-2-3-27(32(29)46-34)40-11-10-39(25-7-8-26(25)40)18-30-38-31-23(35)14-20(33(42)43)15-28(31)41(30)17-21-9-12-44-21/h2-6,13-15,21,25-26H,7-12,17-18H2,1H3,(H,42,43)/t21-,25-,26+,34-/m0/s1. The van der Waals surface area contributed by atoms with Gasteiger partial charge in [0, 0.05) is 38.7 Å². The lowest BCUT2D eigenvalue weighted by Crippen LogP contribution is -2.64. The number of ether oxygens (including phenoxy) is 3. The molecule has 4 aliphatic rings. The number of nitrogens with zero attached hydrogens (tertiary/aromatic N) is 5. The van der Waals surface area contributed by atoms with Gasteiger partial charge in [-0.1, -0.05) is 17.7 Å². The lowest BCUT2D eigenvalue weighted by atomic mass is 9.81. The number of carbonyl (C=O) groups is 1. The van der Waals surface area contributed by atoms with Crippen LogP contribution in [0.15, 0.2) is 48.5 Å². The van der Waals surface area contributed by atoms with Crippen LogP contribution in [0.25, 0.3) is 11.0 Å². The first-order valence-corrected chi connectivity index (χ1v) is 15.9. The van der Waals surface area contributed by atoms with E-state index >= 15 is 4.39 Å². The Morgan fingerprint density at radius 3 is 2.67 bits per heavy atom. The Morgan fingerprint density at radius 1 is 1.15 bits per heavy atom. The van der Waals surface area contributed by atoms with Gasteiger partial charge in [-0.2, -0.15) is 5.26 Å². The highest BCUT2D eigenvalue weighted by molar-refractivity contribution is 6.35. The molecular weight excluding hydrogens is 613 g/mol. The predicted octanol–water partition coefficient (Wildman–Crippen LogP) is 5.68. The number of carboxylic acids is 1. The van der Waals surface area contributed by atoms with Crippen LogP contribution in [0.5, 0.6) is 11.5 Å². The van der Waals surface area contributed by atoms with Crippen molar-refractivity contribution in [2.24, 2.45) is 0 Å². The Bertz CT molecular complexity index is 1940. The molecule has 0 spiro atoms. The molecule has 2 saturated heterocycles. The number of rotatable bonds is 7. The average molecular weight is 644 g/mol. The van der Waals surface area contributed by atoms with E-state index in [1.165, 1.54) is 12.1 Å². The Morgan fingerprint density at radius 2 is 1.98 bits per heavy atom. The predicted molar refractivity (Wildman–Crippen MR) is 167 cm³/mol. The molecule has 1 aromatic heterocycles. The van der Waals surface area contributed by atoms with Gasteiger partial charge in [0.05, 0.1) is 58.2 Å². The van der Waals surface area contributed by atoms with Crippen molar-refractivity contribution in [2.75, 3.05) is 24.6 Å². The number of piperazine rings is 1. The van der Waals surface area contributed by atoms with Crippen LogP contribution < -0.4 is 14.4 Å². The fraction of sp³-hybridized carbons (Fsp3) is 0.382. The molecule has 0 unspecified atom stereocenters. The Balaban J connectivity index is 1.06. The van der Waals surface area contributed by atoms with E-state index in [1.54, 1.807) is 25.1 Å². The van der Waals surface area contributed by atoms with Gasteiger partial charge in [0.2, 0.25) is 0 Å². The highest BCUT2D eigenvalue weighted by atomic mass is 35.5. The van der Waals surface area contributed by atoms with Crippen molar-refractivity contribution < 1.29 is 28.5 Å². The van der Waals surface area contributed by atoms with Crippen LogP contribution in [0.2, 0.25) is 5.02 Å². The Labute approximate surface area is 269 Å². The maximum atomic E-state index is 15.0. The summed E-state index contributed by atoms with van der Waals surface area (Å²) in [7, 11) is 0. The van der Waals surface area contributed by atoms with Crippen LogP contribution in [0.1, 0.15) is 53.5 Å². The van der Waals surface area contributed by atoms with Gasteiger partial charge in [-0.05, 0) is 61.7 Å². The number of hydrogen-bond donors (Lipinski definition) is 1. The van der Waals surface area contributed by atoms with E-state index in [4.69, 9.17) is 36.1 Å². The lowest BCUT2D eigenvalue weighted by Gasteiger charge is -2.54. The summed E-state index contributed by atoms with van der Waals surface area (Å²) in [6.07, 6.45) is 3.03. The summed E-state index contributed by atoms with van der Waals surface area (Å²) in [5, 5.41) is 19.2. The zero-order valence-corrected chi connectivity index (χ0v) is 25.8. The van der Waals surface area contributed by atoms with Crippen molar-refractivity contribution >= 4 is 34.3 Å². The summed E-state index contributed by atoms with van der Waals surface area (Å²) in [6.45, 7) is 5.10. The number of para-hydroxylation sites is 1. The van der Waals surface area contributed by atoms with Crippen molar-refractivity contribution in [1.29, 1.82) is 5.26 Å². The Hall–Kier alpha value is -4.37. The minimum atomic E-state index is -1.37. The van der Waals surface area contributed by atoms with Gasteiger partial charge in [0.15, 0.2) is 11.5 Å². The first kappa shape index (κ1) is 29.1. The minimum Gasteiger partial charge on any atom is -0.478 e. The number of hydrogen-bond acceptors (Lipinski definition) is 8. The van der Waals surface area contributed by atoms with E-state index in [-0.39, 0.29) is 34.9 Å². The number of nitriles is 1. The van der Waals surface area contributed by atoms with Crippen LogP contribution >= 0.6 is 11.6 Å². The molecule has 3 fully saturated rings. The summed E-state index contributed by atoms with van der Waals surface area (Å²) < 4.78 is 35.5. The van der Waals surface area contributed by atoms with Crippen molar-refractivity contribution in [3.05, 3.63) is 81.9 Å². The van der Waals surface area contributed by atoms with Crippen LogP contribution in [-0.4, -0.2) is 63.4 Å². The highest BCUT2D eigenvalue weighted by Crippen LogP contribution is 2.51. The van der Waals surface area contributed by atoms with E-state index < -0.39 is 17.6 Å². The fourth-order valence-electron chi connectivity index (χ4n) is 7.21. The van der Waals surface area contributed by atoms with Crippen LogP contribution in [-0.2, 0) is 23.6 Å². The number of carboxylic acid groups (broad SMARTS) is 1. The first-order valence-electron chi connectivity index (χ1n) is 15.5. The average Bonchev–Trinajstić information content (AvgIpc) is 3.52. The van der Waals surface area contributed by atoms with E-state index in [0.717, 1.165) is 50.5 Å². The molecule has 4 aromatic rings. The Kier molecular flexibility index (Phi) is 6.86. The topological polar surface area (TPSA) is 113 Å². The van der Waals surface area contributed by atoms with E-state index in [2.05, 4.69) is 14.4 Å². The molecule has 1 saturated carbocycles. The van der Waals surface area contributed by atoms with Gasteiger partial charge in [-0.3, -0.25) is 4.90 Å². The largest absolute Gasteiger partial charge is 0.478 e. The highest BCUT2D eigenvalue weighted by Gasteiger charge is 2.47. The van der Waals surface area contributed by atoms with E-state index in [1.807, 2.05) is 24.3 Å². The van der Waals surface area contributed by atoms with Crippen LogP contribution in [0.4, 0.5) is 10.1 Å². The minimum absolute atomic E-state index is 0.0579. The third-order valence-corrected chi connectivity index (χ3v) is 10.1. The van der Waals surface area contributed by atoms with Gasteiger partial charge in [-0.25, -0.2) is 14.2 Å². The van der Waals surface area contributed by atoms with Crippen LogP contribution in [0, 0.1) is 17.1 Å². The third-order valence-electron chi connectivity index (χ3n) is 9.81.